The minimum absolute atomic E-state index is 0.0228. The van der Waals surface area contributed by atoms with Crippen LogP contribution in [0.5, 0.6) is 5.75 Å². The number of anilines is 1. The lowest BCUT2D eigenvalue weighted by atomic mass is 10.2. The number of nitro benzene ring substituents is 1. The molecule has 7 heteroatoms. The summed E-state index contributed by atoms with van der Waals surface area (Å²) in [6, 6.07) is 5.04. The molecule has 0 amide bonds. The van der Waals surface area contributed by atoms with E-state index in [1.165, 1.54) is 0 Å². The Morgan fingerprint density at radius 1 is 1.48 bits per heavy atom. The van der Waals surface area contributed by atoms with Crippen molar-refractivity contribution in [3.63, 3.8) is 0 Å². The maximum absolute atomic E-state index is 11.3. The van der Waals surface area contributed by atoms with Gasteiger partial charge in [0.15, 0.2) is 5.75 Å². The highest BCUT2D eigenvalue weighted by atomic mass is 16.6. The molecule has 0 aliphatic rings. The number of benzene rings is 1. The van der Waals surface area contributed by atoms with Crippen LogP contribution in [0.15, 0.2) is 30.6 Å². The van der Waals surface area contributed by atoms with E-state index in [2.05, 4.69) is 15.3 Å². The second kappa shape index (κ2) is 7.28. The average molecular weight is 290 g/mol. The van der Waals surface area contributed by atoms with Crippen molar-refractivity contribution in [2.75, 3.05) is 18.5 Å². The SMILES string of the molecule is CCCOc1cccc(NCCc2ncc[nH]2)c1[N+](=O)[O-]. The third kappa shape index (κ3) is 3.95. The van der Waals surface area contributed by atoms with E-state index in [0.29, 0.717) is 31.0 Å². The highest BCUT2D eigenvalue weighted by Gasteiger charge is 2.20. The maximum Gasteiger partial charge on any atom is 0.333 e. The van der Waals surface area contributed by atoms with Gasteiger partial charge in [-0.05, 0) is 18.6 Å². The van der Waals surface area contributed by atoms with Crippen LogP contribution in [0.4, 0.5) is 11.4 Å². The maximum atomic E-state index is 11.3. The zero-order valence-electron chi connectivity index (χ0n) is 11.8. The Morgan fingerprint density at radius 3 is 3.00 bits per heavy atom. The summed E-state index contributed by atoms with van der Waals surface area (Å²) < 4.78 is 5.44. The van der Waals surface area contributed by atoms with Gasteiger partial charge in [0.2, 0.25) is 0 Å². The number of hydrogen-bond donors (Lipinski definition) is 2. The quantitative estimate of drug-likeness (QED) is 0.576. The highest BCUT2D eigenvalue weighted by molar-refractivity contribution is 5.68. The van der Waals surface area contributed by atoms with Crippen LogP contribution < -0.4 is 10.1 Å². The van der Waals surface area contributed by atoms with E-state index in [9.17, 15) is 10.1 Å². The van der Waals surface area contributed by atoms with Gasteiger partial charge in [-0.2, -0.15) is 0 Å². The molecule has 0 spiro atoms. The molecule has 2 aromatic rings. The van der Waals surface area contributed by atoms with Crippen LogP contribution in [0.3, 0.4) is 0 Å². The Labute approximate surface area is 122 Å². The first-order valence-electron chi connectivity index (χ1n) is 6.84. The Kier molecular flexibility index (Phi) is 5.14. The summed E-state index contributed by atoms with van der Waals surface area (Å²) in [6.07, 6.45) is 4.88. The van der Waals surface area contributed by atoms with E-state index in [1.54, 1.807) is 30.6 Å². The Morgan fingerprint density at radius 2 is 2.33 bits per heavy atom. The molecule has 0 fully saturated rings. The van der Waals surface area contributed by atoms with E-state index < -0.39 is 4.92 Å². The summed E-state index contributed by atoms with van der Waals surface area (Å²) in [7, 11) is 0. The normalized spacial score (nSPS) is 10.3. The van der Waals surface area contributed by atoms with Crippen LogP contribution in [0, 0.1) is 10.1 Å². The predicted molar refractivity (Wildman–Crippen MR) is 79.7 cm³/mol. The molecule has 0 unspecified atom stereocenters. The summed E-state index contributed by atoms with van der Waals surface area (Å²) in [5.74, 6) is 1.13. The lowest BCUT2D eigenvalue weighted by molar-refractivity contribution is -0.385. The second-order valence-electron chi connectivity index (χ2n) is 4.47. The predicted octanol–water partition coefficient (Wildman–Crippen LogP) is 2.76. The van der Waals surface area contributed by atoms with Crippen molar-refractivity contribution in [3.8, 4) is 5.75 Å². The number of nitrogens with zero attached hydrogens (tertiary/aromatic N) is 2. The lowest BCUT2D eigenvalue weighted by Gasteiger charge is -2.10. The Bertz CT molecular complexity index is 584. The van der Waals surface area contributed by atoms with Gasteiger partial charge in [0.25, 0.3) is 0 Å². The molecule has 2 N–H and O–H groups in total. The lowest BCUT2D eigenvalue weighted by Crippen LogP contribution is -2.09. The second-order valence-corrected chi connectivity index (χ2v) is 4.47. The van der Waals surface area contributed by atoms with Crippen LogP contribution in [0.2, 0.25) is 0 Å². The van der Waals surface area contributed by atoms with Crippen molar-refractivity contribution in [1.82, 2.24) is 9.97 Å². The topological polar surface area (TPSA) is 93.1 Å². The van der Waals surface area contributed by atoms with Gasteiger partial charge in [-0.3, -0.25) is 10.1 Å². The molecule has 7 nitrogen and oxygen atoms in total. The van der Waals surface area contributed by atoms with Gasteiger partial charge in [0.05, 0.1) is 11.5 Å². The van der Waals surface area contributed by atoms with E-state index in [1.807, 2.05) is 6.92 Å². The average Bonchev–Trinajstić information content (AvgIpc) is 2.98. The molecular formula is C14H18N4O3. The molecule has 1 aromatic heterocycles. The van der Waals surface area contributed by atoms with Crippen molar-refractivity contribution in [2.24, 2.45) is 0 Å². The molecule has 0 atom stereocenters. The minimum atomic E-state index is -0.416. The number of imidazole rings is 1. The summed E-state index contributed by atoms with van der Waals surface area (Å²) >= 11 is 0. The third-order valence-corrected chi connectivity index (χ3v) is 2.88. The fourth-order valence-corrected chi connectivity index (χ4v) is 1.93. The van der Waals surface area contributed by atoms with Crippen molar-refractivity contribution < 1.29 is 9.66 Å². The van der Waals surface area contributed by atoms with E-state index >= 15 is 0 Å². The van der Waals surface area contributed by atoms with E-state index in [-0.39, 0.29) is 5.69 Å². The van der Waals surface area contributed by atoms with Crippen molar-refractivity contribution >= 4 is 11.4 Å². The summed E-state index contributed by atoms with van der Waals surface area (Å²) in [5, 5.41) is 14.3. The number of ether oxygens (including phenoxy) is 1. The molecule has 0 aliphatic carbocycles. The number of aromatic amines is 1. The number of rotatable bonds is 8. The summed E-state index contributed by atoms with van der Waals surface area (Å²) in [6.45, 7) is 2.96. The number of nitrogens with one attached hydrogen (secondary N) is 2. The van der Waals surface area contributed by atoms with E-state index in [4.69, 9.17) is 4.74 Å². The smallest absolute Gasteiger partial charge is 0.333 e. The summed E-state index contributed by atoms with van der Waals surface area (Å²) in [4.78, 5) is 17.9. The van der Waals surface area contributed by atoms with Gasteiger partial charge in [0.1, 0.15) is 11.5 Å². The minimum Gasteiger partial charge on any atom is -0.487 e. The molecule has 21 heavy (non-hydrogen) atoms. The van der Waals surface area contributed by atoms with Crippen LogP contribution >= 0.6 is 0 Å². The monoisotopic (exact) mass is 290 g/mol. The Hall–Kier alpha value is -2.57. The van der Waals surface area contributed by atoms with Gasteiger partial charge in [-0.25, -0.2) is 4.98 Å². The Balaban J connectivity index is 2.08. The largest absolute Gasteiger partial charge is 0.487 e. The number of para-hydroxylation sites is 1. The first-order chi connectivity index (χ1) is 10.2. The molecule has 1 aromatic carbocycles. The van der Waals surface area contributed by atoms with Crippen molar-refractivity contribution in [3.05, 3.63) is 46.5 Å². The molecular weight excluding hydrogens is 272 g/mol. The molecule has 0 saturated carbocycles. The molecule has 0 bridgehead atoms. The third-order valence-electron chi connectivity index (χ3n) is 2.88. The highest BCUT2D eigenvalue weighted by Crippen LogP contribution is 2.34. The number of aromatic nitrogens is 2. The van der Waals surface area contributed by atoms with Crippen LogP contribution in [0.25, 0.3) is 0 Å². The van der Waals surface area contributed by atoms with Gasteiger partial charge in [-0.1, -0.05) is 13.0 Å². The van der Waals surface area contributed by atoms with Crippen molar-refractivity contribution in [1.29, 1.82) is 0 Å². The number of H-pyrrole nitrogens is 1. The molecule has 2 rings (SSSR count). The van der Waals surface area contributed by atoms with Crippen LogP contribution in [-0.4, -0.2) is 28.0 Å². The summed E-state index contributed by atoms with van der Waals surface area (Å²) in [5.41, 5.74) is 0.436. The van der Waals surface area contributed by atoms with Crippen LogP contribution in [-0.2, 0) is 6.42 Å². The zero-order valence-corrected chi connectivity index (χ0v) is 11.8. The van der Waals surface area contributed by atoms with Gasteiger partial charge in [-0.15, -0.1) is 0 Å². The molecule has 0 aliphatic heterocycles. The number of hydrogen-bond acceptors (Lipinski definition) is 5. The van der Waals surface area contributed by atoms with Gasteiger partial charge in [0, 0.05) is 25.4 Å². The standard InChI is InChI=1S/C14H18N4O3/c1-2-10-21-12-5-3-4-11(14(12)18(19)20)15-7-6-13-16-8-9-17-13/h3-5,8-9,15H,2,6-7,10H2,1H3,(H,16,17). The van der Waals surface area contributed by atoms with Crippen LogP contribution in [0.1, 0.15) is 19.2 Å². The zero-order chi connectivity index (χ0) is 15.1. The van der Waals surface area contributed by atoms with Crippen molar-refractivity contribution in [2.45, 2.75) is 19.8 Å². The molecule has 112 valence electrons. The number of nitro groups is 1. The molecule has 0 radical (unpaired) electrons. The first-order valence-corrected chi connectivity index (χ1v) is 6.84. The fraction of sp³-hybridized carbons (Fsp3) is 0.357. The van der Waals surface area contributed by atoms with Gasteiger partial charge < -0.3 is 15.0 Å². The van der Waals surface area contributed by atoms with E-state index in [0.717, 1.165) is 12.2 Å². The van der Waals surface area contributed by atoms with Gasteiger partial charge >= 0.3 is 5.69 Å². The first kappa shape index (κ1) is 14.8. The fourth-order valence-electron chi connectivity index (χ4n) is 1.93. The molecule has 0 saturated heterocycles. The molecule has 1 heterocycles.